The Morgan fingerprint density at radius 3 is 2.14 bits per heavy atom. The largest absolute Gasteiger partial charge is 0.454 e. The van der Waals surface area contributed by atoms with Gasteiger partial charge in [0.25, 0.3) is 0 Å². The van der Waals surface area contributed by atoms with Crippen LogP contribution in [0.1, 0.15) is 29.3 Å². The summed E-state index contributed by atoms with van der Waals surface area (Å²) in [5.41, 5.74) is 1.64. The Balaban J connectivity index is 1.83. The topological polar surface area (TPSA) is 43.4 Å². The molecular formula is C18H18O3. The molecule has 108 valence electrons. The summed E-state index contributed by atoms with van der Waals surface area (Å²) in [6.07, 6.45) is 0.137. The standard InChI is InChI=1S/C18H18O3/c1-14(18(20)16-10-6-3-7-11-16)21-17(19)13-12-15-8-4-2-5-9-15/h2-11,14H,12-13H2,1H3. The number of aryl methyl sites for hydroxylation is 1. The predicted octanol–water partition coefficient (Wildman–Crippen LogP) is 3.43. The highest BCUT2D eigenvalue weighted by Gasteiger charge is 2.18. The molecule has 0 amide bonds. The molecule has 0 radical (unpaired) electrons. The summed E-state index contributed by atoms with van der Waals surface area (Å²) in [6.45, 7) is 1.61. The first-order chi connectivity index (χ1) is 10.2. The molecule has 1 unspecified atom stereocenters. The lowest BCUT2D eigenvalue weighted by Crippen LogP contribution is -2.24. The van der Waals surface area contributed by atoms with Crippen LogP contribution in [0.5, 0.6) is 0 Å². The van der Waals surface area contributed by atoms with Crippen molar-refractivity contribution in [1.29, 1.82) is 0 Å². The Hall–Kier alpha value is -2.42. The van der Waals surface area contributed by atoms with Crippen molar-refractivity contribution in [3.63, 3.8) is 0 Å². The minimum Gasteiger partial charge on any atom is -0.454 e. The monoisotopic (exact) mass is 282 g/mol. The van der Waals surface area contributed by atoms with Gasteiger partial charge in [-0.3, -0.25) is 9.59 Å². The van der Waals surface area contributed by atoms with Crippen molar-refractivity contribution in [3.8, 4) is 0 Å². The maximum Gasteiger partial charge on any atom is 0.306 e. The maximum absolute atomic E-state index is 12.1. The molecule has 0 bridgehead atoms. The number of esters is 1. The molecule has 3 nitrogen and oxygen atoms in total. The van der Waals surface area contributed by atoms with Crippen molar-refractivity contribution in [1.82, 2.24) is 0 Å². The van der Waals surface area contributed by atoms with Gasteiger partial charge in [0.2, 0.25) is 5.78 Å². The number of rotatable bonds is 6. The zero-order valence-corrected chi connectivity index (χ0v) is 12.0. The van der Waals surface area contributed by atoms with Crippen LogP contribution in [0.25, 0.3) is 0 Å². The molecule has 0 saturated heterocycles. The van der Waals surface area contributed by atoms with Gasteiger partial charge in [-0.25, -0.2) is 0 Å². The molecule has 0 heterocycles. The molecule has 2 aromatic rings. The Kier molecular flexibility index (Phi) is 5.27. The van der Waals surface area contributed by atoms with Gasteiger partial charge < -0.3 is 4.74 Å². The van der Waals surface area contributed by atoms with Crippen molar-refractivity contribution in [3.05, 3.63) is 71.8 Å². The summed E-state index contributed by atoms with van der Waals surface area (Å²) >= 11 is 0. The van der Waals surface area contributed by atoms with E-state index in [1.807, 2.05) is 36.4 Å². The third-order valence-electron chi connectivity index (χ3n) is 3.20. The van der Waals surface area contributed by atoms with Gasteiger partial charge in [0.05, 0.1) is 0 Å². The second-order valence-corrected chi connectivity index (χ2v) is 4.85. The summed E-state index contributed by atoms with van der Waals surface area (Å²) in [5.74, 6) is -0.528. The first kappa shape index (κ1) is 15.0. The van der Waals surface area contributed by atoms with E-state index < -0.39 is 6.10 Å². The molecule has 2 aromatic carbocycles. The Bertz CT molecular complexity index is 590. The van der Waals surface area contributed by atoms with Crippen molar-refractivity contribution in [2.75, 3.05) is 0 Å². The van der Waals surface area contributed by atoms with Crippen LogP contribution in [0.2, 0.25) is 0 Å². The van der Waals surface area contributed by atoms with Crippen molar-refractivity contribution >= 4 is 11.8 Å². The highest BCUT2D eigenvalue weighted by molar-refractivity contribution is 6.00. The van der Waals surface area contributed by atoms with E-state index in [1.165, 1.54) is 0 Å². The fraction of sp³-hybridized carbons (Fsp3) is 0.222. The third-order valence-corrected chi connectivity index (χ3v) is 3.20. The summed E-state index contributed by atoms with van der Waals surface area (Å²) in [6, 6.07) is 18.6. The molecule has 21 heavy (non-hydrogen) atoms. The summed E-state index contributed by atoms with van der Waals surface area (Å²) < 4.78 is 5.20. The van der Waals surface area contributed by atoms with Gasteiger partial charge in [-0.2, -0.15) is 0 Å². The summed E-state index contributed by atoms with van der Waals surface area (Å²) in [4.78, 5) is 23.9. The summed E-state index contributed by atoms with van der Waals surface area (Å²) in [7, 11) is 0. The molecule has 0 fully saturated rings. The fourth-order valence-electron chi connectivity index (χ4n) is 2.04. The second kappa shape index (κ2) is 7.39. The number of carbonyl (C=O) groups excluding carboxylic acids is 2. The van der Waals surface area contributed by atoms with E-state index in [0.29, 0.717) is 12.0 Å². The number of benzene rings is 2. The van der Waals surface area contributed by atoms with E-state index in [0.717, 1.165) is 5.56 Å². The van der Waals surface area contributed by atoms with Crippen molar-refractivity contribution < 1.29 is 14.3 Å². The van der Waals surface area contributed by atoms with Crippen LogP contribution in [0.4, 0.5) is 0 Å². The molecule has 0 saturated carbocycles. The minimum absolute atomic E-state index is 0.177. The van der Waals surface area contributed by atoms with Crippen molar-refractivity contribution in [2.45, 2.75) is 25.9 Å². The fourth-order valence-corrected chi connectivity index (χ4v) is 2.04. The highest BCUT2D eigenvalue weighted by atomic mass is 16.5. The van der Waals surface area contributed by atoms with E-state index >= 15 is 0 Å². The quantitative estimate of drug-likeness (QED) is 0.602. The molecule has 0 aliphatic carbocycles. The van der Waals surface area contributed by atoms with Gasteiger partial charge in [-0.15, -0.1) is 0 Å². The molecule has 0 aromatic heterocycles. The van der Waals surface area contributed by atoms with E-state index in [2.05, 4.69) is 0 Å². The van der Waals surface area contributed by atoms with Crippen LogP contribution in [-0.4, -0.2) is 17.9 Å². The number of ketones is 1. The molecule has 0 aliphatic heterocycles. The van der Waals surface area contributed by atoms with Gasteiger partial charge in [0.1, 0.15) is 0 Å². The van der Waals surface area contributed by atoms with E-state index in [-0.39, 0.29) is 18.2 Å². The molecule has 0 N–H and O–H groups in total. The molecule has 1 atom stereocenters. The first-order valence-corrected chi connectivity index (χ1v) is 6.99. The van der Waals surface area contributed by atoms with Crippen LogP contribution < -0.4 is 0 Å². The lowest BCUT2D eigenvalue weighted by atomic mass is 10.1. The van der Waals surface area contributed by atoms with Gasteiger partial charge >= 0.3 is 5.97 Å². The lowest BCUT2D eigenvalue weighted by Gasteiger charge is -2.12. The van der Waals surface area contributed by atoms with Gasteiger partial charge in [-0.05, 0) is 18.9 Å². The number of hydrogen-bond donors (Lipinski definition) is 0. The Labute approximate surface area is 124 Å². The highest BCUT2D eigenvalue weighted by Crippen LogP contribution is 2.08. The second-order valence-electron chi connectivity index (χ2n) is 4.85. The minimum atomic E-state index is -0.754. The number of Topliss-reactive ketones (excluding diaryl/α,β-unsaturated/α-hetero) is 1. The van der Waals surface area contributed by atoms with E-state index in [9.17, 15) is 9.59 Å². The summed E-state index contributed by atoms with van der Waals surface area (Å²) in [5, 5.41) is 0. The lowest BCUT2D eigenvalue weighted by molar-refractivity contribution is -0.146. The molecule has 2 rings (SSSR count). The number of carbonyl (C=O) groups is 2. The number of hydrogen-bond acceptors (Lipinski definition) is 3. The van der Waals surface area contributed by atoms with E-state index in [4.69, 9.17) is 4.74 Å². The predicted molar refractivity (Wildman–Crippen MR) is 81.1 cm³/mol. The number of ether oxygens (including phenoxy) is 1. The average molecular weight is 282 g/mol. The smallest absolute Gasteiger partial charge is 0.306 e. The van der Waals surface area contributed by atoms with Gasteiger partial charge in [0, 0.05) is 12.0 Å². The third kappa shape index (κ3) is 4.56. The van der Waals surface area contributed by atoms with Gasteiger partial charge in [0.15, 0.2) is 6.10 Å². The van der Waals surface area contributed by atoms with Crippen LogP contribution in [0.15, 0.2) is 60.7 Å². The van der Waals surface area contributed by atoms with E-state index in [1.54, 1.807) is 31.2 Å². The molecular weight excluding hydrogens is 264 g/mol. The van der Waals surface area contributed by atoms with Crippen LogP contribution in [0.3, 0.4) is 0 Å². The molecule has 3 heteroatoms. The van der Waals surface area contributed by atoms with Crippen LogP contribution >= 0.6 is 0 Å². The van der Waals surface area contributed by atoms with Gasteiger partial charge in [-0.1, -0.05) is 60.7 Å². The zero-order valence-electron chi connectivity index (χ0n) is 12.0. The normalized spacial score (nSPS) is 11.7. The zero-order chi connectivity index (χ0) is 15.1. The van der Waals surface area contributed by atoms with Crippen LogP contribution in [-0.2, 0) is 16.0 Å². The average Bonchev–Trinajstić information content (AvgIpc) is 2.54. The van der Waals surface area contributed by atoms with Crippen LogP contribution in [0, 0.1) is 0 Å². The Morgan fingerprint density at radius 2 is 1.52 bits per heavy atom. The first-order valence-electron chi connectivity index (χ1n) is 6.99. The molecule has 0 spiro atoms. The SMILES string of the molecule is CC(OC(=O)CCc1ccccc1)C(=O)c1ccccc1. The Morgan fingerprint density at radius 1 is 0.952 bits per heavy atom. The van der Waals surface area contributed by atoms with Crippen molar-refractivity contribution in [2.24, 2.45) is 0 Å². The maximum atomic E-state index is 12.1. The molecule has 0 aliphatic rings.